The number of benzene rings is 1. The Balaban J connectivity index is 2.04. The SMILES string of the molecule is COCCOC(=O)C1=C(C)NC2=C(C(=O)CCC2)[C@@H]1c1ccc(Br)cc1. The van der Waals surface area contributed by atoms with Gasteiger partial charge in [-0.15, -0.1) is 0 Å². The summed E-state index contributed by atoms with van der Waals surface area (Å²) in [4.78, 5) is 25.5. The van der Waals surface area contributed by atoms with Crippen LogP contribution in [0.3, 0.4) is 0 Å². The highest BCUT2D eigenvalue weighted by Crippen LogP contribution is 2.42. The number of hydrogen-bond donors (Lipinski definition) is 1. The van der Waals surface area contributed by atoms with Crippen molar-refractivity contribution in [2.75, 3.05) is 20.3 Å². The molecular weight excluding hydrogens is 398 g/mol. The summed E-state index contributed by atoms with van der Waals surface area (Å²) in [5, 5.41) is 3.28. The molecule has 1 atom stereocenters. The normalized spacial score (nSPS) is 20.0. The van der Waals surface area contributed by atoms with Crippen LogP contribution in [0.5, 0.6) is 0 Å². The zero-order chi connectivity index (χ0) is 18.7. The van der Waals surface area contributed by atoms with Crippen LogP contribution in [0.4, 0.5) is 0 Å². The topological polar surface area (TPSA) is 64.6 Å². The van der Waals surface area contributed by atoms with Crippen molar-refractivity contribution in [1.82, 2.24) is 5.32 Å². The Labute approximate surface area is 161 Å². The molecule has 1 aromatic rings. The van der Waals surface area contributed by atoms with Crippen LogP contribution in [0, 0.1) is 0 Å². The number of nitrogens with one attached hydrogen (secondary N) is 1. The number of carbonyl (C=O) groups is 2. The molecule has 1 aromatic carbocycles. The van der Waals surface area contributed by atoms with Gasteiger partial charge >= 0.3 is 5.97 Å². The minimum atomic E-state index is -0.412. The molecule has 3 rings (SSSR count). The summed E-state index contributed by atoms with van der Waals surface area (Å²) in [5.41, 5.74) is 3.78. The average molecular weight is 420 g/mol. The predicted molar refractivity (Wildman–Crippen MR) is 101 cm³/mol. The molecule has 0 fully saturated rings. The number of Topliss-reactive ketones (excluding diaryl/α,β-unsaturated/α-hetero) is 1. The van der Waals surface area contributed by atoms with E-state index in [0.29, 0.717) is 24.2 Å². The summed E-state index contributed by atoms with van der Waals surface area (Å²) in [6.45, 7) is 2.38. The van der Waals surface area contributed by atoms with E-state index in [-0.39, 0.29) is 12.4 Å². The number of carbonyl (C=O) groups excluding carboxylic acids is 2. The van der Waals surface area contributed by atoms with Crippen molar-refractivity contribution in [3.05, 3.63) is 56.8 Å². The number of rotatable bonds is 5. The Morgan fingerprint density at radius 1 is 1.23 bits per heavy atom. The maximum absolute atomic E-state index is 12.8. The Hall–Kier alpha value is -1.92. The van der Waals surface area contributed by atoms with Crippen LogP contribution >= 0.6 is 15.9 Å². The maximum Gasteiger partial charge on any atom is 0.336 e. The molecule has 1 N–H and O–H groups in total. The van der Waals surface area contributed by atoms with Gasteiger partial charge in [0.2, 0.25) is 0 Å². The fraction of sp³-hybridized carbons (Fsp3) is 0.400. The molecule has 0 saturated carbocycles. The molecule has 6 heteroatoms. The fourth-order valence-corrected chi connectivity index (χ4v) is 3.80. The minimum Gasteiger partial charge on any atom is -0.460 e. The molecule has 0 unspecified atom stereocenters. The second kappa shape index (κ2) is 8.18. The van der Waals surface area contributed by atoms with Crippen molar-refractivity contribution in [2.45, 2.75) is 32.1 Å². The molecule has 1 aliphatic heterocycles. The van der Waals surface area contributed by atoms with E-state index >= 15 is 0 Å². The molecule has 26 heavy (non-hydrogen) atoms. The first-order valence-electron chi connectivity index (χ1n) is 8.68. The Bertz CT molecular complexity index is 780. The van der Waals surface area contributed by atoms with Crippen molar-refractivity contribution >= 4 is 27.7 Å². The van der Waals surface area contributed by atoms with Gasteiger partial charge in [0.15, 0.2) is 5.78 Å². The molecule has 0 aromatic heterocycles. The lowest BCUT2D eigenvalue weighted by molar-refractivity contribution is -0.140. The van der Waals surface area contributed by atoms with Crippen LogP contribution in [0.25, 0.3) is 0 Å². The lowest BCUT2D eigenvalue weighted by Gasteiger charge is -2.34. The van der Waals surface area contributed by atoms with Crippen LogP contribution in [-0.2, 0) is 19.1 Å². The van der Waals surface area contributed by atoms with Gasteiger partial charge in [0.25, 0.3) is 0 Å². The van der Waals surface area contributed by atoms with E-state index in [4.69, 9.17) is 9.47 Å². The molecule has 1 aliphatic carbocycles. The molecule has 0 saturated heterocycles. The summed E-state index contributed by atoms with van der Waals surface area (Å²) in [5.74, 6) is -0.714. The van der Waals surface area contributed by atoms with Crippen LogP contribution in [0.1, 0.15) is 37.7 Å². The molecular formula is C20H22BrNO4. The highest BCUT2D eigenvalue weighted by atomic mass is 79.9. The van der Waals surface area contributed by atoms with Gasteiger partial charge in [0.1, 0.15) is 6.61 Å². The van der Waals surface area contributed by atoms with Crippen molar-refractivity contribution < 1.29 is 19.1 Å². The fourth-order valence-electron chi connectivity index (χ4n) is 3.54. The monoisotopic (exact) mass is 419 g/mol. The molecule has 0 spiro atoms. The molecule has 0 radical (unpaired) electrons. The number of dihydropyridines is 1. The molecule has 138 valence electrons. The van der Waals surface area contributed by atoms with E-state index in [0.717, 1.165) is 34.3 Å². The van der Waals surface area contributed by atoms with Gasteiger partial charge in [-0.2, -0.15) is 0 Å². The van der Waals surface area contributed by atoms with Gasteiger partial charge in [-0.1, -0.05) is 28.1 Å². The number of halogens is 1. The van der Waals surface area contributed by atoms with E-state index in [1.807, 2.05) is 31.2 Å². The molecule has 2 aliphatic rings. The van der Waals surface area contributed by atoms with E-state index < -0.39 is 11.9 Å². The van der Waals surface area contributed by atoms with Crippen molar-refractivity contribution in [1.29, 1.82) is 0 Å². The van der Waals surface area contributed by atoms with Crippen LogP contribution < -0.4 is 5.32 Å². The largest absolute Gasteiger partial charge is 0.460 e. The van der Waals surface area contributed by atoms with Gasteiger partial charge in [-0.05, 0) is 37.5 Å². The smallest absolute Gasteiger partial charge is 0.336 e. The number of ether oxygens (including phenoxy) is 2. The summed E-state index contributed by atoms with van der Waals surface area (Å²) >= 11 is 3.44. The third kappa shape index (κ3) is 3.76. The van der Waals surface area contributed by atoms with Gasteiger partial charge < -0.3 is 14.8 Å². The second-order valence-corrected chi connectivity index (χ2v) is 7.36. The Morgan fingerprint density at radius 2 is 1.96 bits per heavy atom. The van der Waals surface area contributed by atoms with Crippen LogP contribution in [0.15, 0.2) is 51.3 Å². The van der Waals surface area contributed by atoms with Gasteiger partial charge in [0, 0.05) is 40.9 Å². The number of allylic oxidation sites excluding steroid dienone is 3. The number of hydrogen-bond acceptors (Lipinski definition) is 5. The zero-order valence-electron chi connectivity index (χ0n) is 14.9. The highest BCUT2D eigenvalue weighted by molar-refractivity contribution is 9.10. The minimum absolute atomic E-state index is 0.0985. The van der Waals surface area contributed by atoms with E-state index in [2.05, 4.69) is 21.2 Å². The van der Waals surface area contributed by atoms with Crippen molar-refractivity contribution in [3.63, 3.8) is 0 Å². The predicted octanol–water partition coefficient (Wildman–Crippen LogP) is 3.61. The number of ketones is 1. The highest BCUT2D eigenvalue weighted by Gasteiger charge is 2.38. The lowest BCUT2D eigenvalue weighted by atomic mass is 9.75. The summed E-state index contributed by atoms with van der Waals surface area (Å²) in [7, 11) is 1.56. The first-order chi connectivity index (χ1) is 12.5. The third-order valence-corrected chi connectivity index (χ3v) is 5.25. The van der Waals surface area contributed by atoms with Crippen molar-refractivity contribution in [3.8, 4) is 0 Å². The first-order valence-corrected chi connectivity index (χ1v) is 9.47. The molecule has 5 nitrogen and oxygen atoms in total. The van der Waals surface area contributed by atoms with Crippen LogP contribution in [-0.4, -0.2) is 32.1 Å². The summed E-state index contributed by atoms with van der Waals surface area (Å²) in [6, 6.07) is 7.74. The van der Waals surface area contributed by atoms with E-state index in [1.54, 1.807) is 7.11 Å². The average Bonchev–Trinajstić information content (AvgIpc) is 2.61. The number of methoxy groups -OCH3 is 1. The van der Waals surface area contributed by atoms with Gasteiger partial charge in [-0.3, -0.25) is 4.79 Å². The van der Waals surface area contributed by atoms with Crippen molar-refractivity contribution in [2.24, 2.45) is 0 Å². The molecule has 1 heterocycles. The molecule has 0 bridgehead atoms. The molecule has 0 amide bonds. The summed E-state index contributed by atoms with van der Waals surface area (Å²) < 4.78 is 11.3. The second-order valence-electron chi connectivity index (χ2n) is 6.45. The summed E-state index contributed by atoms with van der Waals surface area (Å²) in [6.07, 6.45) is 2.16. The standard InChI is InChI=1S/C20H22BrNO4/c1-12-17(20(24)26-11-10-25-2)18(13-6-8-14(21)9-7-13)19-15(22-12)4-3-5-16(19)23/h6-9,18,22H,3-5,10-11H2,1-2H3/t18-/m1/s1. The maximum atomic E-state index is 12.8. The first kappa shape index (κ1) is 18.9. The quantitative estimate of drug-likeness (QED) is 0.583. The van der Waals surface area contributed by atoms with Gasteiger partial charge in [-0.25, -0.2) is 4.79 Å². The Kier molecular flexibility index (Phi) is 5.94. The zero-order valence-corrected chi connectivity index (χ0v) is 16.5. The lowest BCUT2D eigenvalue weighted by Crippen LogP contribution is -2.34. The number of esters is 1. The van der Waals surface area contributed by atoms with Gasteiger partial charge in [0.05, 0.1) is 12.2 Å². The third-order valence-electron chi connectivity index (χ3n) is 4.72. The van der Waals surface area contributed by atoms with Crippen LogP contribution in [0.2, 0.25) is 0 Å². The van der Waals surface area contributed by atoms with E-state index in [9.17, 15) is 9.59 Å². The van der Waals surface area contributed by atoms with E-state index in [1.165, 1.54) is 0 Å². The Morgan fingerprint density at radius 3 is 2.65 bits per heavy atom.